The van der Waals surface area contributed by atoms with Crippen molar-refractivity contribution in [1.29, 1.82) is 0 Å². The van der Waals surface area contributed by atoms with Gasteiger partial charge in [-0.3, -0.25) is 4.79 Å². The predicted octanol–water partition coefficient (Wildman–Crippen LogP) is 1.68. The van der Waals surface area contributed by atoms with Gasteiger partial charge in [0.2, 0.25) is 5.91 Å². The Balaban J connectivity index is 1.96. The lowest BCUT2D eigenvalue weighted by atomic mass is 10.0. The molecule has 2 N–H and O–H groups in total. The summed E-state index contributed by atoms with van der Waals surface area (Å²) >= 11 is 1.95. The molecule has 1 aliphatic rings. The smallest absolute Gasteiger partial charge is 0.236 e. The summed E-state index contributed by atoms with van der Waals surface area (Å²) in [6.07, 6.45) is 3.36. The summed E-state index contributed by atoms with van der Waals surface area (Å²) in [7, 11) is 1.81. The molecular weight excluding hydrogens is 244 g/mol. The molecule has 98 valence electrons. The fraction of sp³-hybridized carbons (Fsp3) is 0.500. The van der Waals surface area contributed by atoms with Crippen LogP contribution in [0.15, 0.2) is 23.1 Å². The van der Waals surface area contributed by atoms with Crippen LogP contribution in [0.5, 0.6) is 0 Å². The molecule has 1 heterocycles. The largest absolute Gasteiger partial charge is 0.344 e. The summed E-state index contributed by atoms with van der Waals surface area (Å²) in [5.74, 6) is 1.24. The van der Waals surface area contributed by atoms with Crippen molar-refractivity contribution in [3.05, 3.63) is 29.3 Å². The van der Waals surface area contributed by atoms with E-state index in [-0.39, 0.29) is 12.5 Å². The molecular formula is C14H20N2OS. The topological polar surface area (TPSA) is 46.3 Å². The highest BCUT2D eigenvalue weighted by Gasteiger charge is 2.11. The number of carbonyl (C=O) groups excluding carboxylic acids is 1. The number of likely N-dealkylation sites (N-methyl/N-ethyl adjacent to an activating group) is 1. The molecule has 0 unspecified atom stereocenters. The van der Waals surface area contributed by atoms with Crippen LogP contribution in [0.4, 0.5) is 0 Å². The lowest BCUT2D eigenvalue weighted by Gasteiger charge is -2.18. The molecule has 0 saturated heterocycles. The van der Waals surface area contributed by atoms with Crippen molar-refractivity contribution in [2.24, 2.45) is 5.73 Å². The van der Waals surface area contributed by atoms with Gasteiger partial charge in [0, 0.05) is 18.5 Å². The number of thioether (sulfide) groups is 1. The molecule has 4 heteroatoms. The Labute approximate surface area is 113 Å². The Morgan fingerprint density at radius 2 is 2.33 bits per heavy atom. The summed E-state index contributed by atoms with van der Waals surface area (Å²) in [6, 6.07) is 6.69. The summed E-state index contributed by atoms with van der Waals surface area (Å²) in [6.45, 7) is 0.833. The van der Waals surface area contributed by atoms with Crippen molar-refractivity contribution in [2.45, 2.75) is 24.2 Å². The highest BCUT2D eigenvalue weighted by atomic mass is 32.2. The molecule has 0 atom stereocenters. The molecule has 0 spiro atoms. The molecule has 1 amide bonds. The predicted molar refractivity (Wildman–Crippen MR) is 75.9 cm³/mol. The highest BCUT2D eigenvalue weighted by molar-refractivity contribution is 7.99. The minimum atomic E-state index is 0.00326. The van der Waals surface area contributed by atoms with Gasteiger partial charge in [0.25, 0.3) is 0 Å². The SMILES string of the molecule is CN(CCc1ccc2c(c1)CCCS2)C(=O)CN. The van der Waals surface area contributed by atoms with Crippen LogP contribution in [0.1, 0.15) is 17.5 Å². The molecule has 0 bridgehead atoms. The van der Waals surface area contributed by atoms with Crippen LogP contribution >= 0.6 is 11.8 Å². The van der Waals surface area contributed by atoms with Crippen molar-refractivity contribution in [3.63, 3.8) is 0 Å². The first kappa shape index (κ1) is 13.4. The van der Waals surface area contributed by atoms with Gasteiger partial charge in [-0.05, 0) is 42.2 Å². The number of fused-ring (bicyclic) bond motifs is 1. The number of hydrogen-bond acceptors (Lipinski definition) is 3. The van der Waals surface area contributed by atoms with E-state index >= 15 is 0 Å². The van der Waals surface area contributed by atoms with E-state index in [0.717, 1.165) is 13.0 Å². The highest BCUT2D eigenvalue weighted by Crippen LogP contribution is 2.30. The number of hydrogen-bond donors (Lipinski definition) is 1. The normalized spacial score (nSPS) is 14.1. The molecule has 0 aliphatic carbocycles. The Morgan fingerprint density at radius 3 is 3.11 bits per heavy atom. The quantitative estimate of drug-likeness (QED) is 0.900. The van der Waals surface area contributed by atoms with E-state index in [1.54, 1.807) is 4.90 Å². The lowest BCUT2D eigenvalue weighted by Crippen LogP contribution is -2.34. The molecule has 2 rings (SSSR count). The van der Waals surface area contributed by atoms with Crippen molar-refractivity contribution in [3.8, 4) is 0 Å². The minimum absolute atomic E-state index is 0.00326. The van der Waals surface area contributed by atoms with Gasteiger partial charge in [-0.2, -0.15) is 0 Å². The van der Waals surface area contributed by atoms with Crippen molar-refractivity contribution in [2.75, 3.05) is 25.9 Å². The second kappa shape index (κ2) is 6.25. The van der Waals surface area contributed by atoms with Crippen LogP contribution in [0, 0.1) is 0 Å². The van der Waals surface area contributed by atoms with Crippen LogP contribution in [0.25, 0.3) is 0 Å². The van der Waals surface area contributed by atoms with E-state index in [9.17, 15) is 4.79 Å². The third-order valence-electron chi connectivity index (χ3n) is 3.31. The van der Waals surface area contributed by atoms with Crippen LogP contribution in [0.2, 0.25) is 0 Å². The fourth-order valence-electron chi connectivity index (χ4n) is 2.15. The zero-order valence-corrected chi connectivity index (χ0v) is 11.6. The van der Waals surface area contributed by atoms with E-state index in [4.69, 9.17) is 5.73 Å². The standard InChI is InChI=1S/C14H20N2OS/c1-16(14(17)10-15)7-6-11-4-5-13-12(9-11)3-2-8-18-13/h4-5,9H,2-3,6-8,10,15H2,1H3. The Morgan fingerprint density at radius 1 is 1.50 bits per heavy atom. The van der Waals surface area contributed by atoms with Crippen LogP contribution < -0.4 is 5.73 Å². The average molecular weight is 264 g/mol. The zero-order chi connectivity index (χ0) is 13.0. The van der Waals surface area contributed by atoms with E-state index in [1.165, 1.54) is 34.6 Å². The van der Waals surface area contributed by atoms with E-state index in [2.05, 4.69) is 18.2 Å². The number of nitrogens with two attached hydrogens (primary N) is 1. The number of carbonyl (C=O) groups is 1. The number of benzene rings is 1. The first-order valence-electron chi connectivity index (χ1n) is 6.39. The first-order valence-corrected chi connectivity index (χ1v) is 7.38. The van der Waals surface area contributed by atoms with Gasteiger partial charge in [0.05, 0.1) is 6.54 Å². The van der Waals surface area contributed by atoms with Gasteiger partial charge in [-0.1, -0.05) is 12.1 Å². The van der Waals surface area contributed by atoms with E-state index in [0.29, 0.717) is 0 Å². The molecule has 0 radical (unpaired) electrons. The van der Waals surface area contributed by atoms with Gasteiger partial charge in [0.15, 0.2) is 0 Å². The van der Waals surface area contributed by atoms with Crippen LogP contribution in [0.3, 0.4) is 0 Å². The third kappa shape index (κ3) is 3.27. The maximum Gasteiger partial charge on any atom is 0.236 e. The Hall–Kier alpha value is -1.00. The monoisotopic (exact) mass is 264 g/mol. The van der Waals surface area contributed by atoms with Gasteiger partial charge >= 0.3 is 0 Å². The maximum absolute atomic E-state index is 11.4. The first-order chi connectivity index (χ1) is 8.70. The van der Waals surface area contributed by atoms with Crippen molar-refractivity contribution in [1.82, 2.24) is 4.90 Å². The van der Waals surface area contributed by atoms with E-state index < -0.39 is 0 Å². The van der Waals surface area contributed by atoms with Crippen LogP contribution in [-0.2, 0) is 17.6 Å². The Kier molecular flexibility index (Phi) is 4.66. The average Bonchev–Trinajstić information content (AvgIpc) is 2.43. The van der Waals surface area contributed by atoms with Crippen LogP contribution in [-0.4, -0.2) is 36.7 Å². The lowest BCUT2D eigenvalue weighted by molar-refractivity contribution is -0.128. The van der Waals surface area contributed by atoms with E-state index in [1.807, 2.05) is 18.8 Å². The summed E-state index contributed by atoms with van der Waals surface area (Å²) in [5.41, 5.74) is 8.12. The molecule has 0 saturated carbocycles. The van der Waals surface area contributed by atoms with Gasteiger partial charge < -0.3 is 10.6 Å². The molecule has 18 heavy (non-hydrogen) atoms. The third-order valence-corrected chi connectivity index (χ3v) is 4.51. The summed E-state index contributed by atoms with van der Waals surface area (Å²) in [4.78, 5) is 14.5. The van der Waals surface area contributed by atoms with Gasteiger partial charge in [-0.15, -0.1) is 11.8 Å². The number of nitrogens with zero attached hydrogens (tertiary/aromatic N) is 1. The summed E-state index contributed by atoms with van der Waals surface area (Å²) < 4.78 is 0. The molecule has 1 aromatic carbocycles. The molecule has 1 aromatic rings. The number of amides is 1. The number of rotatable bonds is 4. The fourth-order valence-corrected chi connectivity index (χ4v) is 3.17. The van der Waals surface area contributed by atoms with Crippen molar-refractivity contribution < 1.29 is 4.79 Å². The second-order valence-electron chi connectivity index (χ2n) is 4.66. The van der Waals surface area contributed by atoms with Gasteiger partial charge in [-0.25, -0.2) is 0 Å². The zero-order valence-electron chi connectivity index (χ0n) is 10.8. The maximum atomic E-state index is 11.4. The molecule has 0 aromatic heterocycles. The molecule has 3 nitrogen and oxygen atoms in total. The van der Waals surface area contributed by atoms with Gasteiger partial charge in [0.1, 0.15) is 0 Å². The summed E-state index contributed by atoms with van der Waals surface area (Å²) in [5, 5.41) is 0. The minimum Gasteiger partial charge on any atom is -0.344 e. The number of aryl methyl sites for hydroxylation is 1. The molecule has 1 aliphatic heterocycles. The van der Waals surface area contributed by atoms with Crippen molar-refractivity contribution >= 4 is 17.7 Å². The second-order valence-corrected chi connectivity index (χ2v) is 5.80. The molecule has 0 fully saturated rings. The Bertz CT molecular complexity index is 434.